The van der Waals surface area contributed by atoms with Gasteiger partial charge in [-0.1, -0.05) is 6.07 Å². The van der Waals surface area contributed by atoms with Crippen molar-refractivity contribution in [3.8, 4) is 0 Å². The first-order valence-corrected chi connectivity index (χ1v) is 10.2. The number of rotatable bonds is 3. The number of amides is 2. The van der Waals surface area contributed by atoms with Crippen LogP contribution >= 0.6 is 0 Å². The van der Waals surface area contributed by atoms with E-state index in [4.69, 9.17) is 0 Å². The molecule has 0 aliphatic carbocycles. The first-order valence-electron chi connectivity index (χ1n) is 8.65. The summed E-state index contributed by atoms with van der Waals surface area (Å²) in [5.74, 6) is -0.737. The number of carbonyl (C=O) groups is 2. The molecule has 0 bridgehead atoms. The van der Waals surface area contributed by atoms with Crippen molar-refractivity contribution in [3.63, 3.8) is 0 Å². The summed E-state index contributed by atoms with van der Waals surface area (Å²) in [5, 5.41) is 0. The van der Waals surface area contributed by atoms with E-state index in [1.54, 1.807) is 59.4 Å². The van der Waals surface area contributed by atoms with Crippen LogP contribution in [0.5, 0.6) is 0 Å². The zero-order valence-corrected chi connectivity index (χ0v) is 16.1. The van der Waals surface area contributed by atoms with Gasteiger partial charge in [0.1, 0.15) is 5.82 Å². The molecule has 2 aromatic carbocycles. The van der Waals surface area contributed by atoms with Crippen LogP contribution < -0.4 is 0 Å². The van der Waals surface area contributed by atoms with Gasteiger partial charge in [-0.05, 0) is 48.9 Å². The maximum Gasteiger partial charge on any atom is 0.254 e. The lowest BCUT2D eigenvalue weighted by Gasteiger charge is -2.35. The molecule has 0 N–H and O–H groups in total. The molecule has 1 aliphatic rings. The largest absolute Gasteiger partial charge is 0.335 e. The third-order valence-electron chi connectivity index (χ3n) is 4.71. The molecule has 0 spiro atoms. The van der Waals surface area contributed by atoms with Crippen LogP contribution in [0.25, 0.3) is 0 Å². The maximum absolute atomic E-state index is 13.7. The van der Waals surface area contributed by atoms with Crippen LogP contribution in [0.1, 0.15) is 26.3 Å². The Bertz CT molecular complexity index is 891. The smallest absolute Gasteiger partial charge is 0.254 e. The van der Waals surface area contributed by atoms with E-state index in [-0.39, 0.29) is 11.8 Å². The number of hydrogen-bond donors (Lipinski definition) is 0. The highest BCUT2D eigenvalue weighted by atomic mass is 32.2. The van der Waals surface area contributed by atoms with Crippen molar-refractivity contribution in [1.29, 1.82) is 0 Å². The minimum absolute atomic E-state index is 0.114. The van der Waals surface area contributed by atoms with Gasteiger partial charge >= 0.3 is 0 Å². The molecular formula is C20H21FN2O3S. The number of piperazine rings is 1. The Morgan fingerprint density at radius 1 is 0.889 bits per heavy atom. The second-order valence-corrected chi connectivity index (χ2v) is 7.91. The van der Waals surface area contributed by atoms with Crippen LogP contribution in [-0.4, -0.2) is 58.3 Å². The quantitative estimate of drug-likeness (QED) is 0.812. The Labute approximate surface area is 160 Å². The van der Waals surface area contributed by atoms with Gasteiger partial charge < -0.3 is 9.80 Å². The van der Waals surface area contributed by atoms with Gasteiger partial charge in [-0.25, -0.2) is 4.39 Å². The molecule has 3 rings (SSSR count). The first kappa shape index (κ1) is 19.2. The van der Waals surface area contributed by atoms with Gasteiger partial charge in [0.15, 0.2) is 0 Å². The van der Waals surface area contributed by atoms with Gasteiger partial charge in [0, 0.05) is 59.3 Å². The van der Waals surface area contributed by atoms with Gasteiger partial charge in [0.05, 0.1) is 0 Å². The van der Waals surface area contributed by atoms with Gasteiger partial charge in [-0.15, -0.1) is 0 Å². The SMILES string of the molecule is Cc1ccc(C(=O)N2CCN(C(=O)c3ccc(S(C)=O)cc3)CC2)cc1F. The van der Waals surface area contributed by atoms with Crippen molar-refractivity contribution in [2.45, 2.75) is 11.8 Å². The fourth-order valence-electron chi connectivity index (χ4n) is 2.99. The predicted molar refractivity (Wildman–Crippen MR) is 102 cm³/mol. The molecule has 27 heavy (non-hydrogen) atoms. The molecule has 1 heterocycles. The molecule has 0 radical (unpaired) electrons. The molecule has 7 heteroatoms. The Balaban J connectivity index is 1.62. The molecule has 0 aromatic heterocycles. The predicted octanol–water partition coefficient (Wildman–Crippen LogP) is 2.47. The van der Waals surface area contributed by atoms with Crippen molar-refractivity contribution >= 4 is 22.6 Å². The molecule has 1 aliphatic heterocycles. The molecule has 2 aromatic rings. The third-order valence-corrected chi connectivity index (χ3v) is 5.64. The van der Waals surface area contributed by atoms with E-state index in [0.717, 1.165) is 0 Å². The highest BCUT2D eigenvalue weighted by Crippen LogP contribution is 2.15. The standard InChI is InChI=1S/C20H21FN2O3S/c1-14-3-4-16(13-18(14)21)20(25)23-11-9-22(10-12-23)19(24)15-5-7-17(8-6-15)27(2)26/h3-8,13H,9-12H2,1-2H3. The number of carbonyl (C=O) groups excluding carboxylic acids is 2. The summed E-state index contributed by atoms with van der Waals surface area (Å²) in [7, 11) is -1.08. The van der Waals surface area contributed by atoms with Crippen LogP contribution in [0.2, 0.25) is 0 Å². The summed E-state index contributed by atoms with van der Waals surface area (Å²) in [6.45, 7) is 3.29. The molecule has 1 unspecified atom stereocenters. The normalized spacial score (nSPS) is 15.5. The van der Waals surface area contributed by atoms with E-state index in [9.17, 15) is 18.2 Å². The fraction of sp³-hybridized carbons (Fsp3) is 0.300. The molecule has 1 atom stereocenters. The lowest BCUT2D eigenvalue weighted by Crippen LogP contribution is -2.50. The molecule has 1 fully saturated rings. The Kier molecular flexibility index (Phi) is 5.70. The topological polar surface area (TPSA) is 57.7 Å². The summed E-state index contributed by atoms with van der Waals surface area (Å²) in [5.41, 5.74) is 1.35. The molecule has 0 saturated carbocycles. The zero-order chi connectivity index (χ0) is 19.6. The molecule has 5 nitrogen and oxygen atoms in total. The average molecular weight is 388 g/mol. The monoisotopic (exact) mass is 388 g/mol. The van der Waals surface area contributed by atoms with Gasteiger partial charge in [-0.3, -0.25) is 13.8 Å². The van der Waals surface area contributed by atoms with E-state index in [1.807, 2.05) is 0 Å². The van der Waals surface area contributed by atoms with Crippen LogP contribution in [-0.2, 0) is 10.8 Å². The summed E-state index contributed by atoms with van der Waals surface area (Å²) < 4.78 is 25.1. The van der Waals surface area contributed by atoms with Crippen molar-refractivity contribution < 1.29 is 18.2 Å². The van der Waals surface area contributed by atoms with Crippen LogP contribution in [0, 0.1) is 12.7 Å². The van der Waals surface area contributed by atoms with Crippen molar-refractivity contribution in [2.75, 3.05) is 32.4 Å². The van der Waals surface area contributed by atoms with Crippen molar-refractivity contribution in [1.82, 2.24) is 9.80 Å². The van der Waals surface area contributed by atoms with E-state index in [2.05, 4.69) is 0 Å². The summed E-state index contributed by atoms with van der Waals surface area (Å²) in [4.78, 5) is 29.1. The number of hydrogen-bond acceptors (Lipinski definition) is 3. The summed E-state index contributed by atoms with van der Waals surface area (Å²) >= 11 is 0. The molecular weight excluding hydrogens is 367 g/mol. The van der Waals surface area contributed by atoms with Gasteiger partial charge in [-0.2, -0.15) is 0 Å². The van der Waals surface area contributed by atoms with Crippen molar-refractivity contribution in [3.05, 3.63) is 65.0 Å². The fourth-order valence-corrected chi connectivity index (χ4v) is 3.51. The average Bonchev–Trinajstić information content (AvgIpc) is 2.69. The lowest BCUT2D eigenvalue weighted by molar-refractivity contribution is 0.0535. The Morgan fingerprint density at radius 2 is 1.37 bits per heavy atom. The number of benzene rings is 2. The highest BCUT2D eigenvalue weighted by Gasteiger charge is 2.25. The molecule has 2 amide bonds. The van der Waals surface area contributed by atoms with E-state index in [0.29, 0.717) is 47.8 Å². The number of halogens is 1. The second-order valence-electron chi connectivity index (χ2n) is 6.53. The Morgan fingerprint density at radius 3 is 1.85 bits per heavy atom. The van der Waals surface area contributed by atoms with Crippen LogP contribution in [0.3, 0.4) is 0 Å². The van der Waals surface area contributed by atoms with Crippen molar-refractivity contribution in [2.24, 2.45) is 0 Å². The minimum atomic E-state index is -1.08. The van der Waals surface area contributed by atoms with Gasteiger partial charge in [0.25, 0.3) is 11.8 Å². The summed E-state index contributed by atoms with van der Waals surface area (Å²) in [6.07, 6.45) is 1.59. The minimum Gasteiger partial charge on any atom is -0.335 e. The summed E-state index contributed by atoms with van der Waals surface area (Å²) in [6, 6.07) is 11.2. The maximum atomic E-state index is 13.7. The van der Waals surface area contributed by atoms with Gasteiger partial charge in [0.2, 0.25) is 0 Å². The van der Waals surface area contributed by atoms with E-state index in [1.165, 1.54) is 6.07 Å². The van der Waals surface area contributed by atoms with Crippen LogP contribution in [0.15, 0.2) is 47.4 Å². The number of aryl methyl sites for hydroxylation is 1. The van der Waals surface area contributed by atoms with E-state index >= 15 is 0 Å². The molecule has 142 valence electrons. The first-order chi connectivity index (χ1) is 12.9. The lowest BCUT2D eigenvalue weighted by atomic mass is 10.1. The Hall–Kier alpha value is -2.54. The van der Waals surface area contributed by atoms with E-state index < -0.39 is 16.6 Å². The number of nitrogens with zero attached hydrogens (tertiary/aromatic N) is 2. The highest BCUT2D eigenvalue weighted by molar-refractivity contribution is 7.84. The van der Waals surface area contributed by atoms with Crippen LogP contribution in [0.4, 0.5) is 4.39 Å². The third kappa shape index (κ3) is 4.24. The molecule has 1 saturated heterocycles. The second kappa shape index (κ2) is 8.00. The zero-order valence-electron chi connectivity index (χ0n) is 15.3.